The Balaban J connectivity index is 1.61. The minimum absolute atomic E-state index is 0.0383. The van der Waals surface area contributed by atoms with E-state index >= 15 is 0 Å². The van der Waals surface area contributed by atoms with Crippen LogP contribution in [0.2, 0.25) is 5.02 Å². The molecule has 2 rings (SSSR count). The van der Waals surface area contributed by atoms with Gasteiger partial charge in [-0.15, -0.1) is 0 Å². The molecule has 1 aliphatic rings. The average molecular weight is 281 g/mol. The van der Waals surface area contributed by atoms with Crippen LogP contribution >= 0.6 is 11.6 Å². The molecule has 4 heteroatoms. The molecule has 104 valence electrons. The zero-order valence-corrected chi connectivity index (χ0v) is 12.0. The second kappa shape index (κ2) is 7.51. The number of unbranched alkanes of at least 4 members (excludes halogenated alkanes) is 1. The van der Waals surface area contributed by atoms with Gasteiger partial charge in [0, 0.05) is 17.1 Å². The van der Waals surface area contributed by atoms with Gasteiger partial charge in [0.1, 0.15) is 0 Å². The van der Waals surface area contributed by atoms with Gasteiger partial charge in [-0.2, -0.15) is 0 Å². The van der Waals surface area contributed by atoms with Crippen molar-refractivity contribution in [2.45, 2.75) is 25.7 Å². The lowest BCUT2D eigenvalue weighted by Gasteiger charge is -2.14. The van der Waals surface area contributed by atoms with Crippen molar-refractivity contribution in [2.75, 3.05) is 26.2 Å². The fourth-order valence-electron chi connectivity index (χ4n) is 2.40. The Morgan fingerprint density at radius 2 is 2.05 bits per heavy atom. The highest BCUT2D eigenvalue weighted by atomic mass is 35.5. The molecule has 1 aliphatic heterocycles. The first-order valence-corrected chi connectivity index (χ1v) is 7.39. The van der Waals surface area contributed by atoms with Gasteiger partial charge in [-0.1, -0.05) is 17.7 Å². The Labute approximate surface area is 119 Å². The number of carbonyl (C=O) groups excluding carboxylic acids is 1. The van der Waals surface area contributed by atoms with Gasteiger partial charge in [-0.25, -0.2) is 0 Å². The predicted molar refractivity (Wildman–Crippen MR) is 78.7 cm³/mol. The summed E-state index contributed by atoms with van der Waals surface area (Å²) in [5, 5.41) is 3.53. The smallest absolute Gasteiger partial charge is 0.251 e. The molecule has 1 aromatic carbocycles. The molecule has 1 heterocycles. The van der Waals surface area contributed by atoms with Crippen LogP contribution in [0.5, 0.6) is 0 Å². The summed E-state index contributed by atoms with van der Waals surface area (Å²) in [4.78, 5) is 14.3. The van der Waals surface area contributed by atoms with Crippen LogP contribution in [0.4, 0.5) is 0 Å². The lowest BCUT2D eigenvalue weighted by molar-refractivity contribution is 0.0952. The number of amides is 1. The molecule has 0 atom stereocenters. The van der Waals surface area contributed by atoms with E-state index in [9.17, 15) is 4.79 Å². The molecule has 0 aliphatic carbocycles. The van der Waals surface area contributed by atoms with Crippen molar-refractivity contribution in [3.63, 3.8) is 0 Å². The molecule has 1 N–H and O–H groups in total. The third-order valence-electron chi connectivity index (χ3n) is 3.47. The first-order valence-electron chi connectivity index (χ1n) is 7.02. The molecule has 0 unspecified atom stereocenters. The van der Waals surface area contributed by atoms with Crippen LogP contribution in [0.3, 0.4) is 0 Å². The highest BCUT2D eigenvalue weighted by Crippen LogP contribution is 2.10. The quantitative estimate of drug-likeness (QED) is 0.813. The highest BCUT2D eigenvalue weighted by molar-refractivity contribution is 6.30. The van der Waals surface area contributed by atoms with E-state index in [2.05, 4.69) is 10.2 Å². The summed E-state index contributed by atoms with van der Waals surface area (Å²) in [5.74, 6) is -0.0383. The number of nitrogens with zero attached hydrogens (tertiary/aromatic N) is 1. The van der Waals surface area contributed by atoms with Gasteiger partial charge >= 0.3 is 0 Å². The van der Waals surface area contributed by atoms with Crippen molar-refractivity contribution in [3.05, 3.63) is 34.9 Å². The summed E-state index contributed by atoms with van der Waals surface area (Å²) in [5.41, 5.74) is 0.632. The number of nitrogens with one attached hydrogen (secondary N) is 1. The highest BCUT2D eigenvalue weighted by Gasteiger charge is 2.10. The number of rotatable bonds is 6. The van der Waals surface area contributed by atoms with Crippen LogP contribution < -0.4 is 5.32 Å². The Morgan fingerprint density at radius 1 is 1.26 bits per heavy atom. The molecule has 0 spiro atoms. The fourth-order valence-corrected chi connectivity index (χ4v) is 2.59. The predicted octanol–water partition coefficient (Wildman–Crippen LogP) is 2.95. The molecule has 0 aromatic heterocycles. The summed E-state index contributed by atoms with van der Waals surface area (Å²) in [6, 6.07) is 7.05. The Kier molecular flexibility index (Phi) is 5.67. The third-order valence-corrected chi connectivity index (χ3v) is 3.71. The van der Waals surface area contributed by atoms with E-state index in [1.54, 1.807) is 24.3 Å². The van der Waals surface area contributed by atoms with Crippen LogP contribution in [0.15, 0.2) is 24.3 Å². The lowest BCUT2D eigenvalue weighted by Crippen LogP contribution is -2.26. The zero-order valence-electron chi connectivity index (χ0n) is 11.2. The maximum atomic E-state index is 11.8. The molecule has 19 heavy (non-hydrogen) atoms. The van der Waals surface area contributed by atoms with Crippen LogP contribution in [0, 0.1) is 0 Å². The van der Waals surface area contributed by atoms with Crippen molar-refractivity contribution in [1.82, 2.24) is 10.2 Å². The van der Waals surface area contributed by atoms with E-state index in [1.807, 2.05) is 0 Å². The number of hydrogen-bond donors (Lipinski definition) is 1. The molecular weight excluding hydrogens is 260 g/mol. The Hall–Kier alpha value is -1.06. The Bertz CT molecular complexity index is 416. The summed E-state index contributed by atoms with van der Waals surface area (Å²) >= 11 is 5.86. The largest absolute Gasteiger partial charge is 0.352 e. The van der Waals surface area contributed by atoms with Crippen LogP contribution in [-0.4, -0.2) is 37.0 Å². The van der Waals surface area contributed by atoms with E-state index in [0.717, 1.165) is 25.9 Å². The van der Waals surface area contributed by atoms with Gasteiger partial charge in [0.15, 0.2) is 0 Å². The van der Waals surface area contributed by atoms with E-state index in [-0.39, 0.29) is 5.91 Å². The van der Waals surface area contributed by atoms with Gasteiger partial charge in [0.2, 0.25) is 0 Å². The van der Waals surface area contributed by atoms with Crippen molar-refractivity contribution in [1.29, 1.82) is 0 Å². The Morgan fingerprint density at radius 3 is 2.79 bits per heavy atom. The first kappa shape index (κ1) is 14.4. The van der Waals surface area contributed by atoms with Gasteiger partial charge < -0.3 is 10.2 Å². The zero-order chi connectivity index (χ0) is 13.5. The number of carbonyl (C=O) groups is 1. The number of benzene rings is 1. The summed E-state index contributed by atoms with van der Waals surface area (Å²) in [6.45, 7) is 4.38. The van der Waals surface area contributed by atoms with Gasteiger partial charge in [-0.05, 0) is 63.5 Å². The normalized spacial score (nSPS) is 15.6. The minimum atomic E-state index is -0.0383. The van der Waals surface area contributed by atoms with Crippen molar-refractivity contribution in [2.24, 2.45) is 0 Å². The summed E-state index contributed by atoms with van der Waals surface area (Å²) < 4.78 is 0. The molecule has 0 saturated carbocycles. The van der Waals surface area contributed by atoms with Gasteiger partial charge in [0.25, 0.3) is 5.91 Å². The second-order valence-corrected chi connectivity index (χ2v) is 5.46. The van der Waals surface area contributed by atoms with Crippen molar-refractivity contribution in [3.8, 4) is 0 Å². The molecule has 0 radical (unpaired) electrons. The average Bonchev–Trinajstić information content (AvgIpc) is 2.91. The molecule has 0 bridgehead atoms. The topological polar surface area (TPSA) is 32.3 Å². The SMILES string of the molecule is O=C(NCCCCN1CCCC1)c1cccc(Cl)c1. The summed E-state index contributed by atoms with van der Waals surface area (Å²) in [7, 11) is 0. The van der Waals surface area contributed by atoms with Gasteiger partial charge in [-0.3, -0.25) is 4.79 Å². The maximum absolute atomic E-state index is 11.8. The third kappa shape index (κ3) is 4.84. The van der Waals surface area contributed by atoms with E-state index in [1.165, 1.54) is 25.9 Å². The molecule has 1 saturated heterocycles. The maximum Gasteiger partial charge on any atom is 0.251 e. The standard InChI is InChI=1S/C15H21ClN2O/c16-14-7-5-6-13(12-14)15(19)17-8-1-2-9-18-10-3-4-11-18/h5-7,12H,1-4,8-11H2,(H,17,19). The van der Waals surface area contributed by atoms with Gasteiger partial charge in [0.05, 0.1) is 0 Å². The first-order chi connectivity index (χ1) is 9.25. The van der Waals surface area contributed by atoms with Crippen LogP contribution in [0.25, 0.3) is 0 Å². The lowest BCUT2D eigenvalue weighted by atomic mass is 10.2. The fraction of sp³-hybridized carbons (Fsp3) is 0.533. The van der Waals surface area contributed by atoms with E-state index < -0.39 is 0 Å². The molecular formula is C15H21ClN2O. The monoisotopic (exact) mass is 280 g/mol. The summed E-state index contributed by atoms with van der Waals surface area (Å²) in [6.07, 6.45) is 4.86. The minimum Gasteiger partial charge on any atom is -0.352 e. The molecule has 1 aromatic rings. The number of hydrogen-bond acceptors (Lipinski definition) is 2. The van der Waals surface area contributed by atoms with Crippen molar-refractivity contribution >= 4 is 17.5 Å². The molecule has 1 fully saturated rings. The number of likely N-dealkylation sites (tertiary alicyclic amines) is 1. The second-order valence-electron chi connectivity index (χ2n) is 5.02. The van der Waals surface area contributed by atoms with Crippen LogP contribution in [-0.2, 0) is 0 Å². The van der Waals surface area contributed by atoms with E-state index in [0.29, 0.717) is 10.6 Å². The number of halogens is 1. The van der Waals surface area contributed by atoms with Crippen molar-refractivity contribution < 1.29 is 4.79 Å². The molecule has 3 nitrogen and oxygen atoms in total. The molecule has 1 amide bonds. The van der Waals surface area contributed by atoms with Crippen LogP contribution in [0.1, 0.15) is 36.0 Å². The van der Waals surface area contributed by atoms with E-state index in [4.69, 9.17) is 11.6 Å².